The van der Waals surface area contributed by atoms with Crippen LogP contribution in [0.15, 0.2) is 27.7 Å². The molecule has 3 atom stereocenters. The van der Waals surface area contributed by atoms with Crippen LogP contribution in [0.5, 0.6) is 0 Å². The summed E-state index contributed by atoms with van der Waals surface area (Å²) in [7, 11) is 0. The minimum absolute atomic E-state index is 0.169. The van der Waals surface area contributed by atoms with E-state index in [0.717, 1.165) is 6.08 Å². The first-order valence-electron chi connectivity index (χ1n) is 7.19. The summed E-state index contributed by atoms with van der Waals surface area (Å²) >= 11 is 5.25. The molecule has 1 saturated carbocycles. The van der Waals surface area contributed by atoms with Gasteiger partial charge in [0.2, 0.25) is 6.10 Å². The third-order valence-corrected chi connectivity index (χ3v) is 4.51. The summed E-state index contributed by atoms with van der Waals surface area (Å²) in [6.07, 6.45) is 5.59. The Kier molecular flexibility index (Phi) is 4.97. The van der Waals surface area contributed by atoms with Crippen molar-refractivity contribution in [3.63, 3.8) is 0 Å². The summed E-state index contributed by atoms with van der Waals surface area (Å²) in [4.78, 5) is 12.3. The van der Waals surface area contributed by atoms with E-state index in [2.05, 4.69) is 11.8 Å². The monoisotopic (exact) mass is 370 g/mol. The predicted octanol–water partition coefficient (Wildman–Crippen LogP) is 4.44. The molecule has 3 nitrogen and oxygen atoms in total. The van der Waals surface area contributed by atoms with E-state index < -0.39 is 40.5 Å². The number of carbonyl (C=O) groups is 1. The second kappa shape index (κ2) is 6.54. The Morgan fingerprint density at radius 3 is 2.56 bits per heavy atom. The lowest BCUT2D eigenvalue weighted by atomic mass is 10.1. The van der Waals surface area contributed by atoms with Gasteiger partial charge < -0.3 is 9.15 Å². The fourth-order valence-electron chi connectivity index (χ4n) is 2.63. The van der Waals surface area contributed by atoms with E-state index in [9.17, 15) is 18.0 Å². The normalized spacial score (nSPS) is 23.3. The zero-order valence-electron chi connectivity index (χ0n) is 13.4. The molecule has 1 aliphatic carbocycles. The average Bonchev–Trinajstić information content (AvgIpc) is 2.89. The Hall–Kier alpha value is -2.31. The topological polar surface area (TPSA) is 39.4 Å². The standard InChI is InChI=1S/C18H14ClF3O3/c1-5-10-7-8-13(24-10)12(6-2)25-16(23)15-11(17(15,3)4)9-14(19)18(20,21)22/h1-2,7-9,11-12,15H,3-4H3/b14-9-/t11-,12+,15+/m1/s1. The second-order valence-corrected chi connectivity index (χ2v) is 6.57. The molecule has 0 bridgehead atoms. The Balaban J connectivity index is 2.13. The van der Waals surface area contributed by atoms with Crippen molar-refractivity contribution in [3.8, 4) is 24.7 Å². The van der Waals surface area contributed by atoms with Crippen LogP contribution in [-0.4, -0.2) is 12.1 Å². The fraction of sp³-hybridized carbons (Fsp3) is 0.389. The minimum atomic E-state index is -4.66. The van der Waals surface area contributed by atoms with Gasteiger partial charge in [-0.25, -0.2) is 0 Å². The number of allylic oxidation sites excluding steroid dienone is 2. The lowest BCUT2D eigenvalue weighted by Gasteiger charge is -2.10. The van der Waals surface area contributed by atoms with Crippen LogP contribution in [0.2, 0.25) is 0 Å². The van der Waals surface area contributed by atoms with Gasteiger partial charge in [0.1, 0.15) is 5.03 Å². The first-order valence-corrected chi connectivity index (χ1v) is 7.57. The molecule has 7 heteroatoms. The molecule has 0 saturated heterocycles. The largest absolute Gasteiger partial charge is 0.448 e. The van der Waals surface area contributed by atoms with Crippen molar-refractivity contribution in [2.75, 3.05) is 0 Å². The quantitative estimate of drug-likeness (QED) is 0.581. The first-order chi connectivity index (χ1) is 11.5. The van der Waals surface area contributed by atoms with Crippen molar-refractivity contribution in [1.82, 2.24) is 0 Å². The number of alkyl halides is 3. The number of carbonyl (C=O) groups excluding carboxylic acids is 1. The number of hydrogen-bond donors (Lipinski definition) is 0. The van der Waals surface area contributed by atoms with Crippen molar-refractivity contribution in [3.05, 3.63) is 34.8 Å². The molecular weight excluding hydrogens is 357 g/mol. The second-order valence-electron chi connectivity index (χ2n) is 6.17. The van der Waals surface area contributed by atoms with Gasteiger partial charge in [-0.3, -0.25) is 4.79 Å². The van der Waals surface area contributed by atoms with Crippen LogP contribution < -0.4 is 0 Å². The number of furan rings is 1. The highest BCUT2D eigenvalue weighted by atomic mass is 35.5. The fourth-order valence-corrected chi connectivity index (χ4v) is 2.76. The molecule has 0 spiro atoms. The molecule has 1 aliphatic rings. The van der Waals surface area contributed by atoms with Gasteiger partial charge in [0, 0.05) is 0 Å². The van der Waals surface area contributed by atoms with E-state index in [4.69, 9.17) is 33.6 Å². The molecule has 0 N–H and O–H groups in total. The maximum atomic E-state index is 12.6. The van der Waals surface area contributed by atoms with Crippen LogP contribution in [0.3, 0.4) is 0 Å². The van der Waals surface area contributed by atoms with E-state index in [0.29, 0.717) is 0 Å². The molecular formula is C18H14ClF3O3. The Morgan fingerprint density at radius 2 is 2.08 bits per heavy atom. The number of rotatable bonds is 4. The molecule has 1 heterocycles. The summed E-state index contributed by atoms with van der Waals surface area (Å²) < 4.78 is 48.2. The Morgan fingerprint density at radius 1 is 1.44 bits per heavy atom. The van der Waals surface area contributed by atoms with E-state index in [1.807, 2.05) is 0 Å². The van der Waals surface area contributed by atoms with Crippen molar-refractivity contribution in [2.45, 2.75) is 26.1 Å². The van der Waals surface area contributed by atoms with Gasteiger partial charge in [0.25, 0.3) is 0 Å². The molecule has 132 valence electrons. The lowest BCUT2D eigenvalue weighted by Crippen LogP contribution is -2.14. The van der Waals surface area contributed by atoms with Gasteiger partial charge >= 0.3 is 12.1 Å². The summed E-state index contributed by atoms with van der Waals surface area (Å²) in [5, 5.41) is -1.26. The van der Waals surface area contributed by atoms with Crippen LogP contribution in [0.1, 0.15) is 31.5 Å². The SMILES string of the molecule is C#Cc1ccc([C@H](C#C)OC(=O)[C@@H]2[C@@H](/C=C(\Cl)C(F)(F)F)C2(C)C)o1. The smallest absolute Gasteiger partial charge is 0.426 e. The van der Waals surface area contributed by atoms with Gasteiger partial charge in [0.05, 0.1) is 5.92 Å². The van der Waals surface area contributed by atoms with Gasteiger partial charge in [-0.15, -0.1) is 12.8 Å². The van der Waals surface area contributed by atoms with Gasteiger partial charge in [-0.1, -0.05) is 37.4 Å². The van der Waals surface area contributed by atoms with Crippen molar-refractivity contribution < 1.29 is 27.1 Å². The van der Waals surface area contributed by atoms with E-state index in [1.165, 1.54) is 12.1 Å². The number of terminal acetylenes is 2. The summed E-state index contributed by atoms with van der Waals surface area (Å²) in [6, 6.07) is 2.96. The van der Waals surface area contributed by atoms with Crippen molar-refractivity contribution in [1.29, 1.82) is 0 Å². The molecule has 1 aromatic heterocycles. The minimum Gasteiger partial charge on any atom is -0.448 e. The van der Waals surface area contributed by atoms with Crippen molar-refractivity contribution >= 4 is 17.6 Å². The number of esters is 1. The van der Waals surface area contributed by atoms with Gasteiger partial charge in [0.15, 0.2) is 11.5 Å². The molecule has 1 fully saturated rings. The average molecular weight is 371 g/mol. The van der Waals surface area contributed by atoms with E-state index in [-0.39, 0.29) is 11.5 Å². The Labute approximate surface area is 148 Å². The molecule has 0 aromatic carbocycles. The zero-order valence-corrected chi connectivity index (χ0v) is 14.1. The highest BCUT2D eigenvalue weighted by Crippen LogP contribution is 2.60. The molecule has 1 aromatic rings. The summed E-state index contributed by atoms with van der Waals surface area (Å²) in [6.45, 7) is 3.30. The summed E-state index contributed by atoms with van der Waals surface area (Å²) in [5.41, 5.74) is -0.727. The van der Waals surface area contributed by atoms with Gasteiger partial charge in [-0.2, -0.15) is 13.2 Å². The maximum Gasteiger partial charge on any atom is 0.426 e. The van der Waals surface area contributed by atoms with E-state index >= 15 is 0 Å². The molecule has 25 heavy (non-hydrogen) atoms. The van der Waals surface area contributed by atoms with E-state index in [1.54, 1.807) is 13.8 Å². The van der Waals surface area contributed by atoms with Crippen molar-refractivity contribution in [2.24, 2.45) is 17.3 Å². The molecule has 0 radical (unpaired) electrons. The lowest BCUT2D eigenvalue weighted by molar-refractivity contribution is -0.150. The van der Waals surface area contributed by atoms with Crippen LogP contribution in [0, 0.1) is 41.9 Å². The molecule has 0 amide bonds. The van der Waals surface area contributed by atoms with Crippen LogP contribution in [0.25, 0.3) is 0 Å². The maximum absolute atomic E-state index is 12.6. The van der Waals surface area contributed by atoms with Crippen LogP contribution in [0.4, 0.5) is 13.2 Å². The Bertz CT molecular complexity index is 790. The molecule has 0 unspecified atom stereocenters. The highest BCUT2D eigenvalue weighted by molar-refractivity contribution is 6.30. The molecule has 0 aliphatic heterocycles. The van der Waals surface area contributed by atoms with Crippen LogP contribution in [-0.2, 0) is 9.53 Å². The number of ether oxygens (including phenoxy) is 1. The zero-order chi connectivity index (χ0) is 19.0. The molecule has 2 rings (SSSR count). The predicted molar refractivity (Wildman–Crippen MR) is 85.1 cm³/mol. The number of hydrogen-bond acceptors (Lipinski definition) is 3. The third-order valence-electron chi connectivity index (χ3n) is 4.17. The van der Waals surface area contributed by atoms with Gasteiger partial charge in [-0.05, 0) is 29.4 Å². The number of halogens is 4. The highest BCUT2D eigenvalue weighted by Gasteiger charge is 2.62. The third kappa shape index (κ3) is 3.86. The van der Waals surface area contributed by atoms with Crippen LogP contribution >= 0.6 is 11.6 Å². The summed E-state index contributed by atoms with van der Waals surface area (Å²) in [5.74, 6) is 2.69. The first kappa shape index (κ1) is 19.0.